The minimum Gasteiger partial charge on any atom is -0.406 e. The first-order valence-corrected chi connectivity index (χ1v) is 5.48. The highest BCUT2D eigenvalue weighted by molar-refractivity contribution is 6.16. The van der Waals surface area contributed by atoms with Crippen molar-refractivity contribution in [2.45, 2.75) is 12.2 Å². The van der Waals surface area contributed by atoms with E-state index in [1.165, 1.54) is 28.9 Å². The fraction of sp³-hybridized carbons (Fsp3) is 0.182. The lowest BCUT2D eigenvalue weighted by atomic mass is 10.3. The van der Waals surface area contributed by atoms with Crippen LogP contribution in [0.25, 0.3) is 5.69 Å². The lowest BCUT2D eigenvalue weighted by Gasteiger charge is -2.09. The molecule has 0 aliphatic carbocycles. The molecule has 0 unspecified atom stereocenters. The van der Waals surface area contributed by atoms with Crippen LogP contribution < -0.4 is 4.74 Å². The monoisotopic (exact) mass is 276 g/mol. The van der Waals surface area contributed by atoms with Crippen molar-refractivity contribution in [3.63, 3.8) is 0 Å². The Balaban J connectivity index is 2.17. The fourth-order valence-electron chi connectivity index (χ4n) is 1.38. The first-order valence-electron chi connectivity index (χ1n) is 4.94. The molecule has 7 heteroatoms. The Bertz CT molecular complexity index is 522. The summed E-state index contributed by atoms with van der Waals surface area (Å²) in [5.74, 6) is 0.0124. The number of hydrogen-bond acceptors (Lipinski definition) is 2. The zero-order valence-corrected chi connectivity index (χ0v) is 9.74. The van der Waals surface area contributed by atoms with E-state index in [1.807, 2.05) is 0 Å². The number of ether oxygens (including phenoxy) is 1. The quantitative estimate of drug-likeness (QED) is 0.802. The molecule has 3 nitrogen and oxygen atoms in total. The second-order valence-corrected chi connectivity index (χ2v) is 3.69. The van der Waals surface area contributed by atoms with E-state index in [4.69, 9.17) is 11.6 Å². The summed E-state index contributed by atoms with van der Waals surface area (Å²) in [5, 5.41) is 4.12. The normalized spacial score (nSPS) is 11.6. The van der Waals surface area contributed by atoms with E-state index in [2.05, 4.69) is 9.84 Å². The van der Waals surface area contributed by atoms with Crippen molar-refractivity contribution < 1.29 is 17.9 Å². The van der Waals surface area contributed by atoms with Gasteiger partial charge in [-0.1, -0.05) is 0 Å². The average molecular weight is 277 g/mol. The maximum absolute atomic E-state index is 12.0. The first-order chi connectivity index (χ1) is 8.48. The molecule has 1 aromatic carbocycles. The van der Waals surface area contributed by atoms with E-state index < -0.39 is 6.36 Å². The number of benzene rings is 1. The van der Waals surface area contributed by atoms with E-state index >= 15 is 0 Å². The fourth-order valence-corrected chi connectivity index (χ4v) is 1.52. The standard InChI is InChI=1S/C11H8ClF3N2O/c12-7-8-5-6-17(16-8)9-1-3-10(4-2-9)18-11(13,14)15/h1-6H,7H2. The van der Waals surface area contributed by atoms with Gasteiger partial charge in [-0.2, -0.15) is 5.10 Å². The largest absolute Gasteiger partial charge is 0.573 e. The summed E-state index contributed by atoms with van der Waals surface area (Å²) in [6.07, 6.45) is -3.00. The van der Waals surface area contributed by atoms with Crippen LogP contribution in [0.15, 0.2) is 36.5 Å². The van der Waals surface area contributed by atoms with Gasteiger partial charge < -0.3 is 4.74 Å². The molecule has 0 saturated carbocycles. The third kappa shape index (κ3) is 3.16. The van der Waals surface area contributed by atoms with E-state index in [1.54, 1.807) is 12.3 Å². The molecule has 18 heavy (non-hydrogen) atoms. The van der Waals surface area contributed by atoms with Gasteiger partial charge in [-0.15, -0.1) is 24.8 Å². The smallest absolute Gasteiger partial charge is 0.406 e. The Hall–Kier alpha value is -1.69. The number of nitrogens with zero attached hydrogens (tertiary/aromatic N) is 2. The van der Waals surface area contributed by atoms with Gasteiger partial charge in [0.15, 0.2) is 0 Å². The lowest BCUT2D eigenvalue weighted by Crippen LogP contribution is -2.17. The Morgan fingerprint density at radius 1 is 1.17 bits per heavy atom. The SMILES string of the molecule is FC(F)(F)Oc1ccc(-n2ccc(CCl)n2)cc1. The van der Waals surface area contributed by atoms with E-state index in [0.717, 1.165) is 0 Å². The lowest BCUT2D eigenvalue weighted by molar-refractivity contribution is -0.274. The Morgan fingerprint density at radius 2 is 1.83 bits per heavy atom. The van der Waals surface area contributed by atoms with Crippen LogP contribution in [0.3, 0.4) is 0 Å². The number of alkyl halides is 4. The van der Waals surface area contributed by atoms with Crippen LogP contribution in [0.5, 0.6) is 5.75 Å². The minimum atomic E-state index is -4.68. The van der Waals surface area contributed by atoms with E-state index in [0.29, 0.717) is 11.4 Å². The molecule has 0 fully saturated rings. The molecule has 0 radical (unpaired) electrons. The van der Waals surface area contributed by atoms with Crippen LogP contribution in [0.1, 0.15) is 5.69 Å². The zero-order valence-electron chi connectivity index (χ0n) is 8.99. The van der Waals surface area contributed by atoms with Gasteiger partial charge in [0.1, 0.15) is 5.75 Å². The summed E-state index contributed by atoms with van der Waals surface area (Å²) in [7, 11) is 0. The maximum atomic E-state index is 12.0. The van der Waals surface area contributed by atoms with Crippen LogP contribution in [0.4, 0.5) is 13.2 Å². The topological polar surface area (TPSA) is 27.1 Å². The predicted molar refractivity (Wildman–Crippen MR) is 59.8 cm³/mol. The van der Waals surface area contributed by atoms with Crippen molar-refractivity contribution in [2.24, 2.45) is 0 Å². The highest BCUT2D eigenvalue weighted by atomic mass is 35.5. The molecule has 1 heterocycles. The third-order valence-electron chi connectivity index (χ3n) is 2.12. The zero-order chi connectivity index (χ0) is 13.2. The molecule has 0 spiro atoms. The molecule has 1 aromatic heterocycles. The molecule has 0 saturated heterocycles. The van der Waals surface area contributed by atoms with Gasteiger partial charge in [0.2, 0.25) is 0 Å². The molecule has 2 rings (SSSR count). The molecule has 0 aliphatic heterocycles. The molecule has 0 bridgehead atoms. The van der Waals surface area contributed by atoms with Crippen molar-refractivity contribution in [2.75, 3.05) is 0 Å². The summed E-state index contributed by atoms with van der Waals surface area (Å²) in [5.41, 5.74) is 1.31. The van der Waals surface area contributed by atoms with E-state index in [-0.39, 0.29) is 11.6 Å². The summed E-state index contributed by atoms with van der Waals surface area (Å²) in [6, 6.07) is 7.14. The number of rotatable bonds is 3. The van der Waals surface area contributed by atoms with Gasteiger partial charge in [0, 0.05) is 6.20 Å². The second-order valence-electron chi connectivity index (χ2n) is 3.43. The number of hydrogen-bond donors (Lipinski definition) is 0. The van der Waals surface area contributed by atoms with Crippen molar-refractivity contribution >= 4 is 11.6 Å². The van der Waals surface area contributed by atoms with Crippen molar-refractivity contribution in [1.82, 2.24) is 9.78 Å². The summed E-state index contributed by atoms with van der Waals surface area (Å²) >= 11 is 5.60. The Morgan fingerprint density at radius 3 is 2.33 bits per heavy atom. The van der Waals surface area contributed by atoms with Crippen LogP contribution in [0, 0.1) is 0 Å². The van der Waals surface area contributed by atoms with Gasteiger partial charge in [-0.05, 0) is 30.3 Å². The van der Waals surface area contributed by atoms with Crippen LogP contribution in [-0.4, -0.2) is 16.1 Å². The van der Waals surface area contributed by atoms with Gasteiger partial charge in [0.05, 0.1) is 17.3 Å². The van der Waals surface area contributed by atoms with E-state index in [9.17, 15) is 13.2 Å². The van der Waals surface area contributed by atoms with Crippen molar-refractivity contribution in [3.8, 4) is 11.4 Å². The Labute approximate surface area is 106 Å². The molecule has 0 N–H and O–H groups in total. The molecule has 0 atom stereocenters. The maximum Gasteiger partial charge on any atom is 0.573 e. The van der Waals surface area contributed by atoms with Crippen LogP contribution in [0.2, 0.25) is 0 Å². The molecular weight excluding hydrogens is 269 g/mol. The molecule has 0 aliphatic rings. The van der Waals surface area contributed by atoms with Gasteiger partial charge in [-0.25, -0.2) is 4.68 Å². The molecular formula is C11H8ClF3N2O. The van der Waals surface area contributed by atoms with Crippen LogP contribution >= 0.6 is 11.6 Å². The molecule has 96 valence electrons. The second kappa shape index (κ2) is 4.89. The summed E-state index contributed by atoms with van der Waals surface area (Å²) < 4.78 is 41.2. The highest BCUT2D eigenvalue weighted by Gasteiger charge is 2.30. The van der Waals surface area contributed by atoms with Crippen molar-refractivity contribution in [3.05, 3.63) is 42.2 Å². The predicted octanol–water partition coefficient (Wildman–Crippen LogP) is 3.51. The van der Waals surface area contributed by atoms with Crippen LogP contribution in [-0.2, 0) is 5.88 Å². The Kier molecular flexibility index (Phi) is 3.47. The van der Waals surface area contributed by atoms with Gasteiger partial charge >= 0.3 is 6.36 Å². The van der Waals surface area contributed by atoms with Crippen molar-refractivity contribution in [1.29, 1.82) is 0 Å². The minimum absolute atomic E-state index is 0.268. The molecule has 2 aromatic rings. The number of aromatic nitrogens is 2. The van der Waals surface area contributed by atoms with Gasteiger partial charge in [-0.3, -0.25) is 0 Å². The summed E-state index contributed by atoms with van der Waals surface area (Å²) in [6.45, 7) is 0. The third-order valence-corrected chi connectivity index (χ3v) is 2.39. The number of halogens is 4. The molecule has 0 amide bonds. The average Bonchev–Trinajstić information content (AvgIpc) is 2.76. The first kappa shape index (κ1) is 12.8. The summed E-state index contributed by atoms with van der Waals surface area (Å²) in [4.78, 5) is 0. The van der Waals surface area contributed by atoms with Gasteiger partial charge in [0.25, 0.3) is 0 Å². The highest BCUT2D eigenvalue weighted by Crippen LogP contribution is 2.23.